The number of thiophene rings is 2. The van der Waals surface area contributed by atoms with Crippen molar-refractivity contribution in [3.63, 3.8) is 0 Å². The van der Waals surface area contributed by atoms with Gasteiger partial charge in [-0.25, -0.2) is 9.97 Å². The molecule has 234 valence electrons. The molecule has 3 aromatic heterocycles. The number of aromatic nitrogens is 2. The van der Waals surface area contributed by atoms with Gasteiger partial charge in [-0.1, -0.05) is 133 Å². The number of fused-ring (bicyclic) bond motifs is 6. The largest absolute Gasteiger partial charge is 0.228 e. The summed E-state index contributed by atoms with van der Waals surface area (Å²) in [6.45, 7) is 0. The summed E-state index contributed by atoms with van der Waals surface area (Å²) < 4.78 is 5.13. The van der Waals surface area contributed by atoms with Crippen LogP contribution in [0.3, 0.4) is 0 Å². The summed E-state index contributed by atoms with van der Waals surface area (Å²) in [6, 6.07) is 60.7. The molecule has 0 unspecified atom stereocenters. The Morgan fingerprint density at radius 2 is 0.820 bits per heavy atom. The molecule has 0 bridgehead atoms. The Hall–Kier alpha value is -5.94. The molecular weight excluding hydrogens is 645 g/mol. The van der Waals surface area contributed by atoms with E-state index in [0.717, 1.165) is 39.5 Å². The van der Waals surface area contributed by atoms with Gasteiger partial charge in [-0.3, -0.25) is 0 Å². The Balaban J connectivity index is 1.23. The van der Waals surface area contributed by atoms with Crippen molar-refractivity contribution < 1.29 is 0 Å². The molecule has 10 aromatic rings. The van der Waals surface area contributed by atoms with E-state index in [-0.39, 0.29) is 0 Å². The molecule has 0 aliphatic rings. The maximum atomic E-state index is 5.28. The molecular formula is C46H28N2S2. The van der Waals surface area contributed by atoms with Crippen molar-refractivity contribution in [1.82, 2.24) is 9.97 Å². The molecule has 0 amide bonds. The maximum Gasteiger partial charge on any atom is 0.160 e. The van der Waals surface area contributed by atoms with Crippen LogP contribution in [0.1, 0.15) is 0 Å². The molecule has 0 radical (unpaired) electrons. The van der Waals surface area contributed by atoms with Gasteiger partial charge in [0, 0.05) is 57.0 Å². The summed E-state index contributed by atoms with van der Waals surface area (Å²) in [4.78, 5) is 10.5. The van der Waals surface area contributed by atoms with E-state index in [9.17, 15) is 0 Å². The predicted molar refractivity (Wildman–Crippen MR) is 215 cm³/mol. The first-order valence-corrected chi connectivity index (χ1v) is 18.4. The molecule has 0 saturated carbocycles. The first-order chi connectivity index (χ1) is 24.8. The Bertz CT molecular complexity index is 2670. The number of hydrogen-bond donors (Lipinski definition) is 0. The summed E-state index contributed by atoms with van der Waals surface area (Å²) in [7, 11) is 0. The summed E-state index contributed by atoms with van der Waals surface area (Å²) in [5.41, 5.74) is 9.73. The molecule has 4 heteroatoms. The fourth-order valence-electron chi connectivity index (χ4n) is 7.10. The van der Waals surface area contributed by atoms with Crippen LogP contribution < -0.4 is 0 Å². The molecule has 0 N–H and O–H groups in total. The van der Waals surface area contributed by atoms with Crippen molar-refractivity contribution in [2.24, 2.45) is 0 Å². The molecule has 3 heterocycles. The van der Waals surface area contributed by atoms with Crippen LogP contribution >= 0.6 is 22.7 Å². The van der Waals surface area contributed by atoms with Gasteiger partial charge in [-0.05, 0) is 58.7 Å². The fraction of sp³-hybridized carbons (Fsp3) is 0. The Kier molecular flexibility index (Phi) is 6.90. The van der Waals surface area contributed by atoms with Gasteiger partial charge in [0.15, 0.2) is 5.82 Å². The number of benzene rings is 7. The number of nitrogens with zero attached hydrogens (tertiary/aromatic N) is 2. The van der Waals surface area contributed by atoms with Gasteiger partial charge in [0.1, 0.15) is 0 Å². The van der Waals surface area contributed by atoms with Gasteiger partial charge < -0.3 is 0 Å². The van der Waals surface area contributed by atoms with Crippen molar-refractivity contribution in [3.05, 3.63) is 170 Å². The van der Waals surface area contributed by atoms with E-state index in [1.165, 1.54) is 57.0 Å². The molecule has 2 nitrogen and oxygen atoms in total. The quantitative estimate of drug-likeness (QED) is 0.182. The normalized spacial score (nSPS) is 11.6. The zero-order valence-corrected chi connectivity index (χ0v) is 28.5. The lowest BCUT2D eigenvalue weighted by Gasteiger charge is -2.14. The van der Waals surface area contributed by atoms with Gasteiger partial charge in [-0.15, -0.1) is 22.7 Å². The fourth-order valence-corrected chi connectivity index (χ4v) is 9.56. The van der Waals surface area contributed by atoms with Gasteiger partial charge in [-0.2, -0.15) is 0 Å². The zero-order valence-electron chi connectivity index (χ0n) is 26.9. The molecule has 0 aliphatic carbocycles. The van der Waals surface area contributed by atoms with Crippen LogP contribution in [0.25, 0.3) is 96.5 Å². The van der Waals surface area contributed by atoms with Crippen LogP contribution in [0, 0.1) is 0 Å². The average Bonchev–Trinajstić information content (AvgIpc) is 3.77. The van der Waals surface area contributed by atoms with Crippen molar-refractivity contribution >= 4 is 63.0 Å². The second-order valence-corrected chi connectivity index (χ2v) is 14.7. The maximum absolute atomic E-state index is 5.28. The van der Waals surface area contributed by atoms with Gasteiger partial charge in [0.2, 0.25) is 0 Å². The van der Waals surface area contributed by atoms with E-state index in [2.05, 4.69) is 164 Å². The average molecular weight is 673 g/mol. The van der Waals surface area contributed by atoms with Gasteiger partial charge >= 0.3 is 0 Å². The summed E-state index contributed by atoms with van der Waals surface area (Å²) in [6.07, 6.45) is 0. The number of rotatable bonds is 5. The van der Waals surface area contributed by atoms with Crippen LogP contribution in [-0.2, 0) is 0 Å². The van der Waals surface area contributed by atoms with E-state index < -0.39 is 0 Å². The molecule has 0 aliphatic heterocycles. The van der Waals surface area contributed by atoms with Crippen LogP contribution in [-0.4, -0.2) is 9.97 Å². The Labute approximate surface area is 297 Å². The number of hydrogen-bond acceptors (Lipinski definition) is 4. The van der Waals surface area contributed by atoms with E-state index in [1.54, 1.807) is 0 Å². The summed E-state index contributed by atoms with van der Waals surface area (Å²) in [5.74, 6) is 0.717. The molecule has 0 saturated heterocycles. The minimum absolute atomic E-state index is 0.717. The second-order valence-electron chi connectivity index (χ2n) is 12.6. The lowest BCUT2D eigenvalue weighted by Crippen LogP contribution is -1.96. The SMILES string of the molecule is c1ccc(-c2cc(-c3cc(-c4cccc5c4sc4ccccc45)nc(-c4ccccc4)n3)cc(-c3cccc4c3sc3ccccc34)c2)cc1. The highest BCUT2D eigenvalue weighted by Gasteiger charge is 2.18. The van der Waals surface area contributed by atoms with E-state index in [1.807, 2.05) is 28.7 Å². The minimum atomic E-state index is 0.717. The summed E-state index contributed by atoms with van der Waals surface area (Å²) in [5, 5.41) is 5.14. The van der Waals surface area contributed by atoms with Crippen molar-refractivity contribution in [2.75, 3.05) is 0 Å². The molecule has 0 fully saturated rings. The van der Waals surface area contributed by atoms with Crippen LogP contribution in [0.2, 0.25) is 0 Å². The van der Waals surface area contributed by atoms with Gasteiger partial charge in [0.25, 0.3) is 0 Å². The minimum Gasteiger partial charge on any atom is -0.228 e. The van der Waals surface area contributed by atoms with E-state index in [0.29, 0.717) is 0 Å². The molecule has 50 heavy (non-hydrogen) atoms. The molecule has 10 rings (SSSR count). The third-order valence-corrected chi connectivity index (χ3v) is 11.9. The zero-order chi connectivity index (χ0) is 33.0. The first kappa shape index (κ1) is 29.0. The lowest BCUT2D eigenvalue weighted by atomic mass is 9.94. The van der Waals surface area contributed by atoms with Crippen LogP contribution in [0.5, 0.6) is 0 Å². The monoisotopic (exact) mass is 672 g/mol. The van der Waals surface area contributed by atoms with Crippen molar-refractivity contribution in [2.45, 2.75) is 0 Å². The van der Waals surface area contributed by atoms with Crippen LogP contribution in [0.4, 0.5) is 0 Å². The standard InChI is InChI=1S/C46H28N2S2/c1-3-13-29(14-4-1)31-25-32(34-19-11-20-37-35-17-7-9-23-42(35)49-44(34)37)27-33(26-31)40-28-41(48-46(47-40)30-15-5-2-6-16-30)39-22-12-21-38-36-18-8-10-24-43(36)50-45(38)39/h1-28H. The van der Waals surface area contributed by atoms with Crippen LogP contribution in [0.15, 0.2) is 170 Å². The molecule has 0 atom stereocenters. The highest BCUT2D eigenvalue weighted by atomic mass is 32.1. The Morgan fingerprint density at radius 1 is 0.320 bits per heavy atom. The topological polar surface area (TPSA) is 25.8 Å². The summed E-state index contributed by atoms with van der Waals surface area (Å²) >= 11 is 3.69. The smallest absolute Gasteiger partial charge is 0.160 e. The molecule has 0 spiro atoms. The van der Waals surface area contributed by atoms with E-state index in [4.69, 9.17) is 9.97 Å². The highest BCUT2D eigenvalue weighted by molar-refractivity contribution is 7.26. The first-order valence-electron chi connectivity index (χ1n) is 16.7. The predicted octanol–water partition coefficient (Wildman–Crippen LogP) is 13.5. The van der Waals surface area contributed by atoms with E-state index >= 15 is 0 Å². The van der Waals surface area contributed by atoms with Crippen molar-refractivity contribution in [3.8, 4) is 56.2 Å². The molecule has 7 aromatic carbocycles. The third-order valence-electron chi connectivity index (χ3n) is 9.49. The second kappa shape index (κ2) is 11.9. The van der Waals surface area contributed by atoms with Gasteiger partial charge in [0.05, 0.1) is 11.4 Å². The lowest BCUT2D eigenvalue weighted by molar-refractivity contribution is 1.19. The highest BCUT2D eigenvalue weighted by Crippen LogP contribution is 2.43. The third kappa shape index (κ3) is 4.92. The Morgan fingerprint density at radius 3 is 1.50 bits per heavy atom. The van der Waals surface area contributed by atoms with Crippen molar-refractivity contribution in [1.29, 1.82) is 0 Å².